The fraction of sp³-hybridized carbons (Fsp3) is 0.294. The quantitative estimate of drug-likeness (QED) is 0.810. The molecule has 110 valence electrons. The van der Waals surface area contributed by atoms with Crippen molar-refractivity contribution in [2.24, 2.45) is 0 Å². The number of pyridine rings is 1. The highest BCUT2D eigenvalue weighted by Gasteiger charge is 2.15. The van der Waals surface area contributed by atoms with Crippen LogP contribution in [0.25, 0.3) is 11.3 Å². The maximum atomic E-state index is 12.4. The zero-order valence-electron chi connectivity index (χ0n) is 12.7. The molecule has 0 saturated heterocycles. The average Bonchev–Trinajstić information content (AvgIpc) is 2.46. The maximum absolute atomic E-state index is 12.4. The molecule has 0 amide bonds. The van der Waals surface area contributed by atoms with E-state index < -0.39 is 0 Å². The number of aldehydes is 1. The van der Waals surface area contributed by atoms with Gasteiger partial charge in [0, 0.05) is 11.6 Å². The predicted octanol–water partition coefficient (Wildman–Crippen LogP) is 3.23. The molecule has 0 N–H and O–H groups in total. The monoisotopic (exact) mass is 285 g/mol. The van der Waals surface area contributed by atoms with Gasteiger partial charge in [-0.2, -0.15) is 0 Å². The number of carbonyl (C=O) groups excluding carboxylic acids is 1. The number of carbonyl (C=O) groups is 1. The minimum absolute atomic E-state index is 0.0578. The van der Waals surface area contributed by atoms with Crippen molar-refractivity contribution in [3.8, 4) is 17.0 Å². The Bertz CT molecular complexity index is 729. The highest BCUT2D eigenvalue weighted by molar-refractivity contribution is 5.76. The maximum Gasteiger partial charge on any atom is 0.261 e. The smallest absolute Gasteiger partial charge is 0.261 e. The third-order valence-corrected chi connectivity index (χ3v) is 3.42. The van der Waals surface area contributed by atoms with Crippen LogP contribution in [0.5, 0.6) is 5.75 Å². The molecular formula is C17H19NO3. The second kappa shape index (κ2) is 5.95. The standard InChI is InChI=1S/C17H19NO3/c1-11(2)18-15(7-6-13(10-19)17(18)20)14-9-12(3)5-8-16(14)21-4/h5-11H,1-4H3. The Balaban J connectivity index is 2.81. The van der Waals surface area contributed by atoms with Gasteiger partial charge in [-0.25, -0.2) is 0 Å². The van der Waals surface area contributed by atoms with Crippen molar-refractivity contribution in [3.05, 3.63) is 51.8 Å². The van der Waals surface area contributed by atoms with E-state index in [4.69, 9.17) is 4.74 Å². The highest BCUT2D eigenvalue weighted by Crippen LogP contribution is 2.31. The van der Waals surface area contributed by atoms with E-state index >= 15 is 0 Å². The summed E-state index contributed by atoms with van der Waals surface area (Å²) >= 11 is 0. The molecule has 0 radical (unpaired) electrons. The Kier molecular flexibility index (Phi) is 4.26. The lowest BCUT2D eigenvalue weighted by molar-refractivity contribution is 0.112. The molecule has 1 heterocycles. The molecule has 1 aromatic heterocycles. The zero-order valence-corrected chi connectivity index (χ0v) is 12.7. The number of hydrogen-bond donors (Lipinski definition) is 0. The van der Waals surface area contributed by atoms with E-state index in [-0.39, 0.29) is 17.2 Å². The van der Waals surface area contributed by atoms with Gasteiger partial charge in [0.25, 0.3) is 5.56 Å². The van der Waals surface area contributed by atoms with Gasteiger partial charge in [0.05, 0.1) is 18.4 Å². The van der Waals surface area contributed by atoms with Crippen molar-refractivity contribution in [1.82, 2.24) is 4.57 Å². The van der Waals surface area contributed by atoms with E-state index in [0.717, 1.165) is 16.8 Å². The lowest BCUT2D eigenvalue weighted by atomic mass is 10.0. The third-order valence-electron chi connectivity index (χ3n) is 3.42. The molecule has 0 atom stereocenters. The summed E-state index contributed by atoms with van der Waals surface area (Å²) in [7, 11) is 1.60. The van der Waals surface area contributed by atoms with Crippen LogP contribution in [0.15, 0.2) is 35.1 Å². The van der Waals surface area contributed by atoms with E-state index in [2.05, 4.69) is 0 Å². The van der Waals surface area contributed by atoms with Gasteiger partial charge in [0.1, 0.15) is 5.75 Å². The zero-order chi connectivity index (χ0) is 15.6. The number of methoxy groups -OCH3 is 1. The molecule has 2 rings (SSSR count). The molecule has 0 spiro atoms. The number of ether oxygens (including phenoxy) is 1. The lowest BCUT2D eigenvalue weighted by Crippen LogP contribution is -2.26. The van der Waals surface area contributed by atoms with Gasteiger partial charge < -0.3 is 9.30 Å². The Labute approximate surface area is 124 Å². The molecule has 0 bridgehead atoms. The molecular weight excluding hydrogens is 266 g/mol. The predicted molar refractivity (Wildman–Crippen MR) is 83.2 cm³/mol. The fourth-order valence-corrected chi connectivity index (χ4v) is 2.41. The third kappa shape index (κ3) is 2.75. The second-order valence-electron chi connectivity index (χ2n) is 5.26. The van der Waals surface area contributed by atoms with E-state index in [0.29, 0.717) is 12.0 Å². The van der Waals surface area contributed by atoms with Crippen LogP contribution in [-0.4, -0.2) is 18.0 Å². The number of hydrogen-bond acceptors (Lipinski definition) is 3. The summed E-state index contributed by atoms with van der Waals surface area (Å²) < 4.78 is 7.03. The highest BCUT2D eigenvalue weighted by atomic mass is 16.5. The van der Waals surface area contributed by atoms with Crippen molar-refractivity contribution in [2.75, 3.05) is 7.11 Å². The van der Waals surface area contributed by atoms with E-state index in [1.54, 1.807) is 23.8 Å². The Hall–Kier alpha value is -2.36. The SMILES string of the molecule is COc1ccc(C)cc1-c1ccc(C=O)c(=O)n1C(C)C. The molecule has 2 aromatic rings. The summed E-state index contributed by atoms with van der Waals surface area (Å²) in [6.07, 6.45) is 0.596. The van der Waals surface area contributed by atoms with Gasteiger partial charge >= 0.3 is 0 Å². The second-order valence-corrected chi connectivity index (χ2v) is 5.26. The molecule has 21 heavy (non-hydrogen) atoms. The van der Waals surface area contributed by atoms with Crippen LogP contribution in [0.4, 0.5) is 0 Å². The Morgan fingerprint density at radius 3 is 2.48 bits per heavy atom. The van der Waals surface area contributed by atoms with Crippen molar-refractivity contribution >= 4 is 6.29 Å². The molecule has 0 saturated carbocycles. The minimum Gasteiger partial charge on any atom is -0.496 e. The van der Waals surface area contributed by atoms with Gasteiger partial charge in [0.15, 0.2) is 6.29 Å². The number of benzene rings is 1. The first-order chi connectivity index (χ1) is 9.99. The first-order valence-corrected chi connectivity index (χ1v) is 6.85. The van der Waals surface area contributed by atoms with E-state index in [1.165, 1.54) is 0 Å². The molecule has 0 aliphatic heterocycles. The molecule has 1 aromatic carbocycles. The summed E-state index contributed by atoms with van der Waals surface area (Å²) in [6, 6.07) is 9.12. The Morgan fingerprint density at radius 2 is 1.90 bits per heavy atom. The van der Waals surface area contributed by atoms with Gasteiger partial charge in [-0.1, -0.05) is 11.6 Å². The number of nitrogens with zero attached hydrogens (tertiary/aromatic N) is 1. The van der Waals surface area contributed by atoms with Crippen LogP contribution >= 0.6 is 0 Å². The largest absolute Gasteiger partial charge is 0.496 e. The van der Waals surface area contributed by atoms with Gasteiger partial charge in [-0.05, 0) is 45.0 Å². The van der Waals surface area contributed by atoms with E-state index in [9.17, 15) is 9.59 Å². The van der Waals surface area contributed by atoms with Crippen molar-refractivity contribution in [2.45, 2.75) is 26.8 Å². The van der Waals surface area contributed by atoms with Gasteiger partial charge in [0.2, 0.25) is 0 Å². The fourth-order valence-electron chi connectivity index (χ4n) is 2.41. The minimum atomic E-state index is -0.277. The number of rotatable bonds is 4. The van der Waals surface area contributed by atoms with Gasteiger partial charge in [-0.3, -0.25) is 9.59 Å². The van der Waals surface area contributed by atoms with Crippen molar-refractivity contribution in [3.63, 3.8) is 0 Å². The lowest BCUT2D eigenvalue weighted by Gasteiger charge is -2.19. The first kappa shape index (κ1) is 15.0. The first-order valence-electron chi connectivity index (χ1n) is 6.85. The summed E-state index contributed by atoms with van der Waals surface area (Å²) in [5.41, 5.74) is 2.56. The van der Waals surface area contributed by atoms with Crippen LogP contribution in [-0.2, 0) is 0 Å². The van der Waals surface area contributed by atoms with Crippen molar-refractivity contribution < 1.29 is 9.53 Å². The van der Waals surface area contributed by atoms with Crippen LogP contribution in [0.3, 0.4) is 0 Å². The van der Waals surface area contributed by atoms with Crippen LogP contribution in [0.2, 0.25) is 0 Å². The normalized spacial score (nSPS) is 10.7. The molecule has 0 aliphatic rings. The molecule has 0 fully saturated rings. The topological polar surface area (TPSA) is 48.3 Å². The van der Waals surface area contributed by atoms with Crippen LogP contribution < -0.4 is 10.3 Å². The van der Waals surface area contributed by atoms with Crippen LogP contribution in [0, 0.1) is 6.92 Å². The molecule has 4 heteroatoms. The summed E-state index contributed by atoms with van der Waals surface area (Å²) in [6.45, 7) is 5.82. The van der Waals surface area contributed by atoms with E-state index in [1.807, 2.05) is 39.0 Å². The average molecular weight is 285 g/mol. The van der Waals surface area contributed by atoms with Gasteiger partial charge in [-0.15, -0.1) is 0 Å². The number of aromatic nitrogens is 1. The van der Waals surface area contributed by atoms with Crippen molar-refractivity contribution in [1.29, 1.82) is 0 Å². The summed E-state index contributed by atoms with van der Waals surface area (Å²) in [5, 5.41) is 0. The molecule has 0 unspecified atom stereocenters. The Morgan fingerprint density at radius 1 is 1.19 bits per heavy atom. The van der Waals surface area contributed by atoms with Crippen LogP contribution in [0.1, 0.15) is 35.8 Å². The summed E-state index contributed by atoms with van der Waals surface area (Å²) in [5.74, 6) is 0.702. The molecule has 4 nitrogen and oxygen atoms in total. The number of aryl methyl sites for hydroxylation is 1. The molecule has 0 aliphatic carbocycles. The summed E-state index contributed by atoms with van der Waals surface area (Å²) in [4.78, 5) is 23.4.